The van der Waals surface area contributed by atoms with Crippen LogP contribution in [0.3, 0.4) is 0 Å². The van der Waals surface area contributed by atoms with Gasteiger partial charge in [-0.15, -0.1) is 0 Å². The van der Waals surface area contributed by atoms with Gasteiger partial charge in [-0.05, 0) is 66.5 Å². The van der Waals surface area contributed by atoms with E-state index >= 15 is 0 Å². The Morgan fingerprint density at radius 2 is 1.88 bits per heavy atom. The molecule has 9 heteroatoms. The summed E-state index contributed by atoms with van der Waals surface area (Å²) in [5, 5.41) is 8.40. The molecule has 0 aliphatic carbocycles. The van der Waals surface area contributed by atoms with Crippen LogP contribution >= 0.6 is 39.1 Å². The fourth-order valence-electron chi connectivity index (χ4n) is 3.62. The monoisotopic (exact) mass is 537 g/mol. The van der Waals surface area contributed by atoms with Crippen LogP contribution in [-0.4, -0.2) is 40.7 Å². The molecule has 0 saturated heterocycles. The number of fused-ring (bicyclic) bond motifs is 3. The normalized spacial score (nSPS) is 12.6. The van der Waals surface area contributed by atoms with E-state index in [1.54, 1.807) is 37.3 Å². The van der Waals surface area contributed by atoms with Crippen molar-refractivity contribution in [2.45, 2.75) is 32.9 Å². The molecule has 0 bridgehead atoms. The lowest BCUT2D eigenvalue weighted by atomic mass is 9.95. The van der Waals surface area contributed by atoms with Crippen molar-refractivity contribution < 1.29 is 14.3 Å². The number of rotatable bonds is 3. The molecule has 0 radical (unpaired) electrons. The number of aromatic amines is 1. The van der Waals surface area contributed by atoms with Gasteiger partial charge in [0.05, 0.1) is 17.1 Å². The predicted molar refractivity (Wildman–Crippen MR) is 130 cm³/mol. The molecule has 32 heavy (non-hydrogen) atoms. The molecule has 3 aromatic rings. The summed E-state index contributed by atoms with van der Waals surface area (Å²) in [7, 11) is 3.36. The summed E-state index contributed by atoms with van der Waals surface area (Å²) in [4.78, 5) is 14.8. The van der Waals surface area contributed by atoms with Crippen molar-refractivity contribution in [1.29, 1.82) is 0 Å². The highest BCUT2D eigenvalue weighted by atomic mass is 79.9. The second-order valence-corrected chi connectivity index (χ2v) is 10.3. The van der Waals surface area contributed by atoms with Crippen LogP contribution in [-0.2, 0) is 6.61 Å². The second kappa shape index (κ2) is 8.28. The SMILES string of the molecule is COc1c(Br)cc2c(c1-c1cc(Cl)cc(Cl)c1)OCc1c-2n[nH]c1C(=O)N(C)C(C)(C)C. The van der Waals surface area contributed by atoms with Gasteiger partial charge in [0, 0.05) is 33.8 Å². The quantitative estimate of drug-likeness (QED) is 0.408. The molecule has 0 atom stereocenters. The van der Waals surface area contributed by atoms with Crippen molar-refractivity contribution in [3.05, 3.63) is 50.0 Å². The number of nitrogens with one attached hydrogen (secondary N) is 1. The molecule has 0 unspecified atom stereocenters. The average molecular weight is 539 g/mol. The molecule has 1 N–H and O–H groups in total. The average Bonchev–Trinajstić information content (AvgIpc) is 3.14. The van der Waals surface area contributed by atoms with Gasteiger partial charge in [-0.3, -0.25) is 9.89 Å². The van der Waals surface area contributed by atoms with Crippen LogP contribution in [0.4, 0.5) is 0 Å². The number of ether oxygens (including phenoxy) is 2. The van der Waals surface area contributed by atoms with E-state index in [9.17, 15) is 4.79 Å². The zero-order chi connectivity index (χ0) is 23.4. The minimum Gasteiger partial charge on any atom is -0.495 e. The van der Waals surface area contributed by atoms with Gasteiger partial charge in [0.15, 0.2) is 0 Å². The van der Waals surface area contributed by atoms with Crippen LogP contribution in [0.1, 0.15) is 36.8 Å². The first-order valence-electron chi connectivity index (χ1n) is 9.88. The van der Waals surface area contributed by atoms with Crippen LogP contribution in [0.25, 0.3) is 22.4 Å². The Morgan fingerprint density at radius 1 is 1.22 bits per heavy atom. The van der Waals surface area contributed by atoms with E-state index < -0.39 is 0 Å². The summed E-state index contributed by atoms with van der Waals surface area (Å²) in [6.07, 6.45) is 0. The zero-order valence-electron chi connectivity index (χ0n) is 18.3. The molecule has 168 valence electrons. The van der Waals surface area contributed by atoms with E-state index in [4.69, 9.17) is 32.7 Å². The number of methoxy groups -OCH3 is 1. The molecule has 1 amide bonds. The largest absolute Gasteiger partial charge is 0.495 e. The molecular weight excluding hydrogens is 517 g/mol. The Morgan fingerprint density at radius 3 is 2.47 bits per heavy atom. The zero-order valence-corrected chi connectivity index (χ0v) is 21.4. The lowest BCUT2D eigenvalue weighted by molar-refractivity contribution is 0.0647. The molecule has 0 saturated carbocycles. The highest BCUT2D eigenvalue weighted by Crippen LogP contribution is 2.52. The van der Waals surface area contributed by atoms with Gasteiger partial charge < -0.3 is 14.4 Å². The minimum atomic E-state index is -0.335. The third-order valence-corrected chi connectivity index (χ3v) is 6.58. The third-order valence-electron chi connectivity index (χ3n) is 5.55. The molecule has 4 rings (SSSR count). The molecular formula is C23H22BrCl2N3O3. The predicted octanol–water partition coefficient (Wildman–Crippen LogP) is 6.58. The third kappa shape index (κ3) is 3.87. The molecule has 2 aromatic carbocycles. The van der Waals surface area contributed by atoms with E-state index in [1.165, 1.54) is 0 Å². The standard InChI is InChI=1S/C23H22BrCl2N3O3/c1-23(2,3)29(4)22(30)19-15-10-32-20-14(18(15)27-28-19)9-16(24)21(31-5)17(20)11-6-12(25)8-13(26)7-11/h6-9H,10H2,1-5H3,(H,27,28). The summed E-state index contributed by atoms with van der Waals surface area (Å²) in [6.45, 7) is 6.12. The summed E-state index contributed by atoms with van der Waals surface area (Å²) in [6, 6.07) is 7.15. The van der Waals surface area contributed by atoms with Crippen LogP contribution in [0, 0.1) is 0 Å². The van der Waals surface area contributed by atoms with Crippen molar-refractivity contribution in [3.63, 3.8) is 0 Å². The van der Waals surface area contributed by atoms with Crippen molar-refractivity contribution in [1.82, 2.24) is 15.1 Å². The number of nitrogens with zero attached hydrogens (tertiary/aromatic N) is 2. The molecule has 6 nitrogen and oxygen atoms in total. The summed E-state index contributed by atoms with van der Waals surface area (Å²) in [5.41, 5.74) is 3.65. The van der Waals surface area contributed by atoms with Gasteiger partial charge in [-0.1, -0.05) is 23.2 Å². The molecule has 0 fully saturated rings. The Labute approximate surface area is 204 Å². The summed E-state index contributed by atoms with van der Waals surface area (Å²) in [5.74, 6) is 1.03. The number of hydrogen-bond acceptors (Lipinski definition) is 4. The van der Waals surface area contributed by atoms with Gasteiger partial charge in [0.25, 0.3) is 5.91 Å². The van der Waals surface area contributed by atoms with Gasteiger partial charge >= 0.3 is 0 Å². The maximum atomic E-state index is 13.1. The Bertz CT molecular complexity index is 1210. The van der Waals surface area contributed by atoms with Crippen LogP contribution in [0.15, 0.2) is 28.7 Å². The van der Waals surface area contributed by atoms with Crippen molar-refractivity contribution >= 4 is 45.0 Å². The Kier molecular flexibility index (Phi) is 5.94. The van der Waals surface area contributed by atoms with Crippen LogP contribution in [0.5, 0.6) is 11.5 Å². The van der Waals surface area contributed by atoms with Gasteiger partial charge in [-0.25, -0.2) is 0 Å². The van der Waals surface area contributed by atoms with E-state index in [2.05, 4.69) is 26.1 Å². The van der Waals surface area contributed by atoms with Crippen LogP contribution in [0.2, 0.25) is 10.0 Å². The van der Waals surface area contributed by atoms with Crippen molar-refractivity contribution in [2.75, 3.05) is 14.2 Å². The lowest BCUT2D eigenvalue weighted by Crippen LogP contribution is -2.43. The Balaban J connectivity index is 1.91. The molecule has 1 aliphatic heterocycles. The number of halogens is 3. The topological polar surface area (TPSA) is 67.5 Å². The first-order valence-corrected chi connectivity index (χ1v) is 11.4. The van der Waals surface area contributed by atoms with Gasteiger partial charge in [0.2, 0.25) is 0 Å². The van der Waals surface area contributed by atoms with E-state index in [1.807, 2.05) is 26.8 Å². The summed E-state index contributed by atoms with van der Waals surface area (Å²) < 4.78 is 12.6. The van der Waals surface area contributed by atoms with E-state index in [0.717, 1.165) is 11.1 Å². The highest BCUT2D eigenvalue weighted by molar-refractivity contribution is 9.10. The van der Waals surface area contributed by atoms with E-state index in [0.29, 0.717) is 48.5 Å². The molecule has 0 spiro atoms. The molecule has 1 aliphatic rings. The summed E-state index contributed by atoms with van der Waals surface area (Å²) >= 11 is 16.1. The van der Waals surface area contributed by atoms with Crippen LogP contribution < -0.4 is 9.47 Å². The van der Waals surface area contributed by atoms with Crippen molar-refractivity contribution in [2.24, 2.45) is 0 Å². The second-order valence-electron chi connectivity index (χ2n) is 8.55. The smallest absolute Gasteiger partial charge is 0.272 e. The highest BCUT2D eigenvalue weighted by Gasteiger charge is 2.33. The van der Waals surface area contributed by atoms with Gasteiger partial charge in [0.1, 0.15) is 29.5 Å². The first-order chi connectivity index (χ1) is 15.0. The number of aromatic nitrogens is 2. The number of H-pyrrole nitrogens is 1. The molecule has 1 aromatic heterocycles. The number of amides is 1. The fourth-order valence-corrected chi connectivity index (χ4v) is 4.74. The maximum Gasteiger partial charge on any atom is 0.272 e. The lowest BCUT2D eigenvalue weighted by Gasteiger charge is -2.32. The van der Waals surface area contributed by atoms with E-state index in [-0.39, 0.29) is 18.1 Å². The maximum absolute atomic E-state index is 13.1. The van der Waals surface area contributed by atoms with Gasteiger partial charge in [-0.2, -0.15) is 5.10 Å². The number of hydrogen-bond donors (Lipinski definition) is 1. The number of carbonyl (C=O) groups excluding carboxylic acids is 1. The minimum absolute atomic E-state index is 0.146. The number of benzene rings is 2. The molecule has 2 heterocycles. The Hall–Kier alpha value is -2.22. The van der Waals surface area contributed by atoms with Crippen molar-refractivity contribution in [3.8, 4) is 33.9 Å². The number of carbonyl (C=O) groups is 1. The first kappa shape index (κ1) is 23.0. The fraction of sp³-hybridized carbons (Fsp3) is 0.304.